The van der Waals surface area contributed by atoms with E-state index in [2.05, 4.69) is 0 Å². The number of ether oxygens (including phenoxy) is 2. The standard InChI is InChI=1S/C29H29Cl2N3O4/c1-4-26(33(16-7-17-37-2)28(35)19-10-15-23(30)24(31)18-19)27-32-25-9-6-5-8-22(25)29(36)34(27)20-11-13-21(38-3)14-12-20/h5-6,8-15,18,26H,4,7,16-17H2,1-3H3. The van der Waals surface area contributed by atoms with Gasteiger partial charge in [0.25, 0.3) is 11.5 Å². The number of aromatic nitrogens is 2. The van der Waals surface area contributed by atoms with Crippen molar-refractivity contribution in [3.8, 4) is 11.4 Å². The summed E-state index contributed by atoms with van der Waals surface area (Å²) < 4.78 is 12.2. The quantitative estimate of drug-likeness (QED) is 0.214. The van der Waals surface area contributed by atoms with Crippen LogP contribution >= 0.6 is 23.2 Å². The van der Waals surface area contributed by atoms with E-state index >= 15 is 0 Å². The fourth-order valence-electron chi connectivity index (χ4n) is 4.47. The van der Waals surface area contributed by atoms with Crippen LogP contribution in [0.25, 0.3) is 16.6 Å². The molecule has 0 bridgehead atoms. The Hall–Kier alpha value is -3.39. The lowest BCUT2D eigenvalue weighted by atomic mass is 10.1. The number of rotatable bonds is 10. The topological polar surface area (TPSA) is 73.7 Å². The Kier molecular flexibility index (Phi) is 9.05. The van der Waals surface area contributed by atoms with Gasteiger partial charge in [-0.2, -0.15) is 0 Å². The Labute approximate surface area is 231 Å². The van der Waals surface area contributed by atoms with Gasteiger partial charge in [0.05, 0.1) is 39.8 Å². The number of hydrogen-bond acceptors (Lipinski definition) is 5. The van der Waals surface area contributed by atoms with Gasteiger partial charge in [0, 0.05) is 25.8 Å². The first-order valence-corrected chi connectivity index (χ1v) is 13.1. The zero-order valence-corrected chi connectivity index (χ0v) is 23.0. The molecule has 1 amide bonds. The number of hydrogen-bond donors (Lipinski definition) is 0. The van der Waals surface area contributed by atoms with Crippen molar-refractivity contribution in [3.05, 3.63) is 98.5 Å². The highest BCUT2D eigenvalue weighted by Crippen LogP contribution is 2.30. The molecule has 0 fully saturated rings. The molecular weight excluding hydrogens is 525 g/mol. The van der Waals surface area contributed by atoms with E-state index in [1.165, 1.54) is 0 Å². The molecule has 3 aromatic carbocycles. The highest BCUT2D eigenvalue weighted by molar-refractivity contribution is 6.42. The van der Waals surface area contributed by atoms with Crippen LogP contribution in [0.4, 0.5) is 0 Å². The summed E-state index contributed by atoms with van der Waals surface area (Å²) in [5.41, 5.74) is 1.37. The summed E-state index contributed by atoms with van der Waals surface area (Å²) in [5, 5.41) is 1.15. The molecule has 0 aliphatic rings. The average Bonchev–Trinajstić information content (AvgIpc) is 2.94. The van der Waals surface area contributed by atoms with Gasteiger partial charge in [-0.05, 0) is 67.4 Å². The maximum Gasteiger partial charge on any atom is 0.266 e. The van der Waals surface area contributed by atoms with Crippen molar-refractivity contribution < 1.29 is 14.3 Å². The third-order valence-electron chi connectivity index (χ3n) is 6.37. The van der Waals surface area contributed by atoms with E-state index in [1.807, 2.05) is 31.2 Å². The molecule has 9 heteroatoms. The monoisotopic (exact) mass is 553 g/mol. The number of fused-ring (bicyclic) bond motifs is 1. The molecule has 0 aliphatic carbocycles. The molecule has 1 atom stereocenters. The Bertz CT molecular complexity index is 1490. The molecule has 38 heavy (non-hydrogen) atoms. The van der Waals surface area contributed by atoms with Crippen LogP contribution in [-0.4, -0.2) is 47.7 Å². The predicted molar refractivity (Wildman–Crippen MR) is 151 cm³/mol. The number of nitrogens with zero attached hydrogens (tertiary/aromatic N) is 3. The Morgan fingerprint density at radius 1 is 1.03 bits per heavy atom. The second-order valence-electron chi connectivity index (χ2n) is 8.72. The minimum atomic E-state index is -0.520. The zero-order chi connectivity index (χ0) is 27.2. The molecule has 1 aromatic heterocycles. The molecule has 0 aliphatic heterocycles. The largest absolute Gasteiger partial charge is 0.497 e. The van der Waals surface area contributed by atoms with Gasteiger partial charge in [-0.3, -0.25) is 14.2 Å². The van der Waals surface area contributed by atoms with Crippen molar-refractivity contribution in [2.45, 2.75) is 25.8 Å². The number of halogens is 2. The number of amides is 1. The molecule has 4 aromatic rings. The third kappa shape index (κ3) is 5.70. The van der Waals surface area contributed by atoms with E-state index in [1.54, 1.807) is 66.2 Å². The van der Waals surface area contributed by atoms with E-state index in [4.69, 9.17) is 37.7 Å². The first-order valence-electron chi connectivity index (χ1n) is 12.3. The minimum absolute atomic E-state index is 0.215. The van der Waals surface area contributed by atoms with Gasteiger partial charge in [0.1, 0.15) is 11.6 Å². The van der Waals surface area contributed by atoms with Crippen molar-refractivity contribution in [2.24, 2.45) is 0 Å². The van der Waals surface area contributed by atoms with Crippen LogP contribution in [0.3, 0.4) is 0 Å². The SMILES string of the molecule is CCC(c1nc2ccccc2c(=O)n1-c1ccc(OC)cc1)N(CCCOC)C(=O)c1ccc(Cl)c(Cl)c1. The van der Waals surface area contributed by atoms with E-state index in [0.717, 1.165) is 0 Å². The van der Waals surface area contributed by atoms with Crippen LogP contribution in [0.15, 0.2) is 71.5 Å². The molecular formula is C29H29Cl2N3O4. The Morgan fingerprint density at radius 2 is 1.76 bits per heavy atom. The molecule has 198 valence electrons. The summed E-state index contributed by atoms with van der Waals surface area (Å²) in [6, 6.07) is 18.7. The normalized spacial score (nSPS) is 11.9. The summed E-state index contributed by atoms with van der Waals surface area (Å²) in [6.07, 6.45) is 1.11. The molecule has 0 spiro atoms. The molecule has 0 N–H and O–H groups in total. The number of benzene rings is 3. The number of carbonyl (C=O) groups excluding carboxylic acids is 1. The zero-order valence-electron chi connectivity index (χ0n) is 21.5. The van der Waals surface area contributed by atoms with Crippen molar-refractivity contribution in [2.75, 3.05) is 27.4 Å². The highest BCUT2D eigenvalue weighted by atomic mass is 35.5. The van der Waals surface area contributed by atoms with E-state index < -0.39 is 6.04 Å². The maximum atomic E-state index is 13.9. The maximum absolute atomic E-state index is 13.9. The molecule has 1 unspecified atom stereocenters. The minimum Gasteiger partial charge on any atom is -0.497 e. The fraction of sp³-hybridized carbons (Fsp3) is 0.276. The second kappa shape index (κ2) is 12.4. The first kappa shape index (κ1) is 27.6. The van der Waals surface area contributed by atoms with E-state index in [-0.39, 0.29) is 11.5 Å². The lowest BCUT2D eigenvalue weighted by molar-refractivity contribution is 0.0634. The van der Waals surface area contributed by atoms with Gasteiger partial charge < -0.3 is 14.4 Å². The van der Waals surface area contributed by atoms with Gasteiger partial charge in [-0.15, -0.1) is 0 Å². The lowest BCUT2D eigenvalue weighted by Crippen LogP contribution is -2.39. The molecule has 4 rings (SSSR count). The summed E-state index contributed by atoms with van der Waals surface area (Å²) in [7, 11) is 3.21. The van der Waals surface area contributed by atoms with Crippen LogP contribution in [0.2, 0.25) is 10.0 Å². The summed E-state index contributed by atoms with van der Waals surface area (Å²) >= 11 is 12.4. The summed E-state index contributed by atoms with van der Waals surface area (Å²) in [4.78, 5) is 34.4. The smallest absolute Gasteiger partial charge is 0.266 e. The summed E-state index contributed by atoms with van der Waals surface area (Å²) in [6.45, 7) is 2.82. The van der Waals surface area contributed by atoms with Gasteiger partial charge in [0.2, 0.25) is 0 Å². The van der Waals surface area contributed by atoms with Gasteiger partial charge in [-0.25, -0.2) is 4.98 Å². The van der Waals surface area contributed by atoms with Gasteiger partial charge in [-0.1, -0.05) is 42.3 Å². The van der Waals surface area contributed by atoms with Crippen LogP contribution < -0.4 is 10.3 Å². The van der Waals surface area contributed by atoms with Crippen LogP contribution in [0, 0.1) is 0 Å². The van der Waals surface area contributed by atoms with Crippen LogP contribution in [-0.2, 0) is 4.74 Å². The molecule has 0 saturated heterocycles. The average molecular weight is 554 g/mol. The first-order chi connectivity index (χ1) is 18.4. The van der Waals surface area contributed by atoms with Crippen molar-refractivity contribution in [1.82, 2.24) is 14.5 Å². The van der Waals surface area contributed by atoms with E-state index in [0.29, 0.717) is 69.8 Å². The van der Waals surface area contributed by atoms with Crippen LogP contribution in [0.1, 0.15) is 42.0 Å². The Balaban J connectivity index is 1.91. The highest BCUT2D eigenvalue weighted by Gasteiger charge is 2.30. The Morgan fingerprint density at radius 3 is 2.42 bits per heavy atom. The lowest BCUT2D eigenvalue weighted by Gasteiger charge is -2.32. The van der Waals surface area contributed by atoms with Gasteiger partial charge >= 0.3 is 0 Å². The molecule has 0 saturated carbocycles. The summed E-state index contributed by atoms with van der Waals surface area (Å²) in [5.74, 6) is 0.891. The van der Waals surface area contributed by atoms with Crippen molar-refractivity contribution in [1.29, 1.82) is 0 Å². The number of carbonyl (C=O) groups is 1. The number of methoxy groups -OCH3 is 2. The van der Waals surface area contributed by atoms with Gasteiger partial charge in [0.15, 0.2) is 0 Å². The van der Waals surface area contributed by atoms with Crippen LogP contribution in [0.5, 0.6) is 5.75 Å². The van der Waals surface area contributed by atoms with E-state index in [9.17, 15) is 9.59 Å². The molecule has 7 nitrogen and oxygen atoms in total. The molecule has 1 heterocycles. The predicted octanol–water partition coefficient (Wildman–Crippen LogP) is 6.33. The third-order valence-corrected chi connectivity index (χ3v) is 7.11. The van der Waals surface area contributed by atoms with Crippen molar-refractivity contribution in [3.63, 3.8) is 0 Å². The second-order valence-corrected chi connectivity index (χ2v) is 9.54. The van der Waals surface area contributed by atoms with Crippen molar-refractivity contribution >= 4 is 40.0 Å². The molecule has 0 radical (unpaired) electrons. The fourth-order valence-corrected chi connectivity index (χ4v) is 4.77. The number of para-hydroxylation sites is 1.